The summed E-state index contributed by atoms with van der Waals surface area (Å²) in [7, 11) is 0. The van der Waals surface area contributed by atoms with Crippen LogP contribution in [0.2, 0.25) is 0 Å². The van der Waals surface area contributed by atoms with Gasteiger partial charge in [-0.05, 0) is 11.3 Å². The summed E-state index contributed by atoms with van der Waals surface area (Å²) in [5.74, 6) is 0. The molecule has 0 bridgehead atoms. The van der Waals surface area contributed by atoms with E-state index in [2.05, 4.69) is 15.4 Å². The molecule has 0 amide bonds. The predicted octanol–water partition coefficient (Wildman–Crippen LogP) is -0.131. The van der Waals surface area contributed by atoms with Gasteiger partial charge in [0.15, 0.2) is 0 Å². The second kappa shape index (κ2) is 3.87. The van der Waals surface area contributed by atoms with Crippen LogP contribution in [0.5, 0.6) is 0 Å². The summed E-state index contributed by atoms with van der Waals surface area (Å²) in [4.78, 5) is 0. The van der Waals surface area contributed by atoms with Crippen LogP contribution in [-0.2, 0) is 21.1 Å². The first-order chi connectivity index (χ1) is 3.00. The normalized spacial score (nSPS) is 6.86. The van der Waals surface area contributed by atoms with Crippen molar-refractivity contribution in [3.63, 3.8) is 0 Å². The molecule has 0 aliphatic heterocycles. The van der Waals surface area contributed by atoms with Crippen LogP contribution in [0.15, 0.2) is 18.5 Å². The first-order valence-electron chi connectivity index (χ1n) is 1.58. The van der Waals surface area contributed by atoms with Gasteiger partial charge in [-0.3, -0.25) is 0 Å². The maximum Gasteiger partial charge on any atom is 0.0529 e. The minimum absolute atomic E-state index is 0. The fraction of sp³-hybridized carbons (Fsp3) is 0. The molecule has 1 aromatic heterocycles. The van der Waals surface area contributed by atoms with Gasteiger partial charge in [-0.1, -0.05) is 0 Å². The van der Waals surface area contributed by atoms with Gasteiger partial charge in [0.05, 0.1) is 12.4 Å². The number of aromatic nitrogens is 3. The third kappa shape index (κ3) is 2.40. The van der Waals surface area contributed by atoms with E-state index in [9.17, 15) is 0 Å². The van der Waals surface area contributed by atoms with Crippen LogP contribution in [0, 0.1) is 0 Å². The van der Waals surface area contributed by atoms with Crippen molar-refractivity contribution in [1.82, 2.24) is 15.4 Å². The Kier molecular flexibility index (Phi) is 3.71. The zero-order valence-electron chi connectivity index (χ0n) is 3.39. The second-order valence-corrected chi connectivity index (χ2v) is 0.811. The third-order valence-electron chi connectivity index (χ3n) is 0.409. The summed E-state index contributed by atoms with van der Waals surface area (Å²) >= 11 is 0. The average molecular weight is 276 g/mol. The van der Waals surface area contributed by atoms with Crippen molar-refractivity contribution in [2.24, 2.45) is 0 Å². The van der Waals surface area contributed by atoms with Crippen molar-refractivity contribution in [3.8, 4) is 0 Å². The molecule has 0 radical (unpaired) electrons. The fourth-order valence-corrected chi connectivity index (χ4v) is 0.205. The van der Waals surface area contributed by atoms with Gasteiger partial charge in [-0.25, -0.2) is 0 Å². The smallest absolute Gasteiger partial charge is 0.0529 e. The van der Waals surface area contributed by atoms with Gasteiger partial charge < -0.3 is 0 Å². The van der Waals surface area contributed by atoms with Crippen molar-refractivity contribution in [3.05, 3.63) is 18.5 Å². The molecule has 1 rings (SSSR count). The number of nitrogens with zero attached hydrogens (tertiary/aromatic N) is 3. The van der Waals surface area contributed by atoms with Crippen LogP contribution in [0.3, 0.4) is 0 Å². The predicted molar refractivity (Wildman–Crippen MR) is 19.8 cm³/mol. The third-order valence-corrected chi connectivity index (χ3v) is 0.409. The largest absolute Gasteiger partial charge is 0.139 e. The Balaban J connectivity index is 0.000000360. The molecular formula is C3H3N3Pt. The van der Waals surface area contributed by atoms with E-state index in [-0.39, 0.29) is 21.1 Å². The summed E-state index contributed by atoms with van der Waals surface area (Å²) in [6.45, 7) is 0. The van der Waals surface area contributed by atoms with Crippen molar-refractivity contribution >= 4 is 0 Å². The van der Waals surface area contributed by atoms with E-state index in [1.807, 2.05) is 0 Å². The first kappa shape index (κ1) is 6.70. The van der Waals surface area contributed by atoms with E-state index in [0.29, 0.717) is 0 Å². The van der Waals surface area contributed by atoms with Crippen LogP contribution in [-0.4, -0.2) is 15.4 Å². The Labute approximate surface area is 55.4 Å². The van der Waals surface area contributed by atoms with E-state index < -0.39 is 0 Å². The molecule has 3 nitrogen and oxygen atoms in total. The van der Waals surface area contributed by atoms with Gasteiger partial charge in [0.25, 0.3) is 0 Å². The SMILES string of the molecule is [Pt].c1cnnnc1. The van der Waals surface area contributed by atoms with Gasteiger partial charge in [-0.2, -0.15) is 0 Å². The van der Waals surface area contributed by atoms with Crippen LogP contribution < -0.4 is 0 Å². The molecule has 0 fully saturated rings. The quantitative estimate of drug-likeness (QED) is 0.662. The van der Waals surface area contributed by atoms with Gasteiger partial charge in [0, 0.05) is 21.1 Å². The molecule has 0 aliphatic carbocycles. The van der Waals surface area contributed by atoms with Crippen LogP contribution >= 0.6 is 0 Å². The topological polar surface area (TPSA) is 38.7 Å². The molecule has 1 heterocycles. The molecule has 40 valence electrons. The minimum atomic E-state index is 0. The maximum absolute atomic E-state index is 3.42. The molecule has 0 atom stereocenters. The van der Waals surface area contributed by atoms with Crippen LogP contribution in [0.1, 0.15) is 0 Å². The summed E-state index contributed by atoms with van der Waals surface area (Å²) < 4.78 is 0. The first-order valence-corrected chi connectivity index (χ1v) is 1.58. The molecule has 0 saturated carbocycles. The van der Waals surface area contributed by atoms with Crippen molar-refractivity contribution in [2.45, 2.75) is 0 Å². The molecule has 1 aromatic rings. The van der Waals surface area contributed by atoms with Gasteiger partial charge in [0.2, 0.25) is 0 Å². The maximum atomic E-state index is 3.42. The van der Waals surface area contributed by atoms with Gasteiger partial charge in [0.1, 0.15) is 0 Å². The Morgan fingerprint density at radius 1 is 1.00 bits per heavy atom. The Bertz CT molecular complexity index is 82.1. The zero-order valence-corrected chi connectivity index (χ0v) is 5.66. The Hall–Kier alpha value is -0.302. The van der Waals surface area contributed by atoms with E-state index >= 15 is 0 Å². The van der Waals surface area contributed by atoms with Crippen molar-refractivity contribution in [1.29, 1.82) is 0 Å². The molecule has 0 saturated heterocycles. The van der Waals surface area contributed by atoms with Gasteiger partial charge >= 0.3 is 0 Å². The fourth-order valence-electron chi connectivity index (χ4n) is 0.205. The molecule has 0 N–H and O–H groups in total. The molecular weight excluding hydrogens is 273 g/mol. The van der Waals surface area contributed by atoms with Crippen LogP contribution in [0.4, 0.5) is 0 Å². The standard InChI is InChI=1S/C3H3N3.Pt/c1-2-4-6-5-3-1;/h1-3H;. The minimum Gasteiger partial charge on any atom is -0.139 e. The second-order valence-electron chi connectivity index (χ2n) is 0.811. The van der Waals surface area contributed by atoms with E-state index in [1.165, 1.54) is 0 Å². The number of rotatable bonds is 0. The summed E-state index contributed by atoms with van der Waals surface area (Å²) in [5.41, 5.74) is 0. The average Bonchev–Trinajstić information content (AvgIpc) is 1.72. The monoisotopic (exact) mass is 276 g/mol. The van der Waals surface area contributed by atoms with E-state index in [1.54, 1.807) is 18.5 Å². The zero-order chi connectivity index (χ0) is 4.24. The molecule has 0 aromatic carbocycles. The summed E-state index contributed by atoms with van der Waals surface area (Å²) in [6, 6.07) is 1.72. The van der Waals surface area contributed by atoms with Crippen molar-refractivity contribution < 1.29 is 21.1 Å². The summed E-state index contributed by atoms with van der Waals surface area (Å²) in [5, 5.41) is 10.1. The number of hydrogen-bond acceptors (Lipinski definition) is 3. The van der Waals surface area contributed by atoms with Crippen molar-refractivity contribution in [2.75, 3.05) is 0 Å². The molecule has 0 aliphatic rings. The Morgan fingerprint density at radius 2 is 1.57 bits per heavy atom. The Morgan fingerprint density at radius 3 is 1.71 bits per heavy atom. The van der Waals surface area contributed by atoms with Crippen LogP contribution in [0.25, 0.3) is 0 Å². The molecule has 4 heteroatoms. The molecule has 0 spiro atoms. The summed E-state index contributed by atoms with van der Waals surface area (Å²) in [6.07, 6.45) is 3.15. The molecule has 7 heavy (non-hydrogen) atoms. The van der Waals surface area contributed by atoms with E-state index in [4.69, 9.17) is 0 Å². The number of hydrogen-bond donors (Lipinski definition) is 0. The van der Waals surface area contributed by atoms with E-state index in [0.717, 1.165) is 0 Å². The van der Waals surface area contributed by atoms with Gasteiger partial charge in [-0.15, -0.1) is 10.2 Å². The molecule has 0 unspecified atom stereocenters.